The van der Waals surface area contributed by atoms with Crippen LogP contribution in [0.2, 0.25) is 0 Å². The topological polar surface area (TPSA) is 74.8 Å². The van der Waals surface area contributed by atoms with Crippen molar-refractivity contribution in [3.05, 3.63) is 12.5 Å². The Kier molecular flexibility index (Phi) is 4.17. The molecule has 1 heterocycles. The molecular weight excluding hydrogens is 238 g/mol. The van der Waals surface area contributed by atoms with Crippen molar-refractivity contribution < 1.29 is 8.42 Å². The van der Waals surface area contributed by atoms with Gasteiger partial charge < -0.3 is 4.98 Å². The van der Waals surface area contributed by atoms with E-state index in [1.165, 1.54) is 44.6 Å². The van der Waals surface area contributed by atoms with Crippen LogP contribution in [0.3, 0.4) is 0 Å². The van der Waals surface area contributed by atoms with Crippen LogP contribution in [-0.4, -0.2) is 24.9 Å². The predicted molar refractivity (Wildman–Crippen MR) is 65.0 cm³/mol. The van der Waals surface area contributed by atoms with E-state index in [-0.39, 0.29) is 5.03 Å². The zero-order chi connectivity index (χ0) is 12.1. The minimum absolute atomic E-state index is 0.140. The van der Waals surface area contributed by atoms with Gasteiger partial charge in [0, 0.05) is 6.54 Å². The van der Waals surface area contributed by atoms with Gasteiger partial charge in [0.2, 0.25) is 0 Å². The summed E-state index contributed by atoms with van der Waals surface area (Å²) in [6.45, 7) is 0.520. The summed E-state index contributed by atoms with van der Waals surface area (Å²) >= 11 is 0. The Labute approximate surface area is 102 Å². The second kappa shape index (κ2) is 5.64. The molecule has 1 aromatic heterocycles. The fourth-order valence-electron chi connectivity index (χ4n) is 2.34. The van der Waals surface area contributed by atoms with Crippen LogP contribution in [0.15, 0.2) is 17.6 Å². The third-order valence-corrected chi connectivity index (χ3v) is 4.72. The Morgan fingerprint density at radius 3 is 2.76 bits per heavy atom. The van der Waals surface area contributed by atoms with Gasteiger partial charge in [0.25, 0.3) is 10.0 Å². The minimum Gasteiger partial charge on any atom is -0.335 e. The van der Waals surface area contributed by atoms with E-state index in [2.05, 4.69) is 14.7 Å². The van der Waals surface area contributed by atoms with Crippen molar-refractivity contribution in [2.24, 2.45) is 5.92 Å². The fourth-order valence-corrected chi connectivity index (χ4v) is 3.29. The molecule has 0 aromatic carbocycles. The van der Waals surface area contributed by atoms with Crippen LogP contribution >= 0.6 is 0 Å². The molecule has 1 aliphatic rings. The molecule has 0 amide bonds. The molecule has 0 unspecified atom stereocenters. The van der Waals surface area contributed by atoms with Crippen molar-refractivity contribution >= 4 is 10.0 Å². The molecule has 1 saturated carbocycles. The third-order valence-electron chi connectivity index (χ3n) is 3.33. The molecule has 17 heavy (non-hydrogen) atoms. The summed E-state index contributed by atoms with van der Waals surface area (Å²) in [5, 5.41) is 0.140. The van der Waals surface area contributed by atoms with Crippen LogP contribution < -0.4 is 4.72 Å². The molecule has 0 atom stereocenters. The first kappa shape index (κ1) is 12.6. The molecule has 0 radical (unpaired) electrons. The molecule has 96 valence electrons. The van der Waals surface area contributed by atoms with E-state index < -0.39 is 10.0 Å². The van der Waals surface area contributed by atoms with Gasteiger partial charge >= 0.3 is 0 Å². The maximum atomic E-state index is 11.8. The van der Waals surface area contributed by atoms with Crippen LogP contribution in [0.25, 0.3) is 0 Å². The van der Waals surface area contributed by atoms with Gasteiger partial charge in [-0.05, 0) is 12.3 Å². The van der Waals surface area contributed by atoms with Crippen LogP contribution in [0.5, 0.6) is 0 Å². The third kappa shape index (κ3) is 3.54. The van der Waals surface area contributed by atoms with Crippen molar-refractivity contribution in [1.82, 2.24) is 14.7 Å². The highest BCUT2D eigenvalue weighted by molar-refractivity contribution is 7.89. The average Bonchev–Trinajstić information content (AvgIpc) is 2.84. The SMILES string of the molecule is O=S(=O)(NCCC1CCCCC1)c1cnc[nH]1. The monoisotopic (exact) mass is 257 g/mol. The Morgan fingerprint density at radius 2 is 2.12 bits per heavy atom. The number of H-pyrrole nitrogens is 1. The number of aromatic nitrogens is 2. The van der Waals surface area contributed by atoms with Gasteiger partial charge in [0.15, 0.2) is 5.03 Å². The molecule has 6 heteroatoms. The summed E-state index contributed by atoms with van der Waals surface area (Å²) < 4.78 is 26.1. The summed E-state index contributed by atoms with van der Waals surface area (Å²) in [7, 11) is -3.39. The lowest BCUT2D eigenvalue weighted by molar-refractivity contribution is 0.339. The van der Waals surface area contributed by atoms with Gasteiger partial charge in [0.1, 0.15) is 0 Å². The highest BCUT2D eigenvalue weighted by Gasteiger charge is 2.17. The number of hydrogen-bond donors (Lipinski definition) is 2. The largest absolute Gasteiger partial charge is 0.335 e. The molecule has 2 rings (SSSR count). The predicted octanol–water partition coefficient (Wildman–Crippen LogP) is 1.66. The summed E-state index contributed by atoms with van der Waals surface area (Å²) in [6, 6.07) is 0. The first-order valence-corrected chi connectivity index (χ1v) is 7.65. The number of imidazole rings is 1. The zero-order valence-electron chi connectivity index (χ0n) is 9.85. The van der Waals surface area contributed by atoms with Gasteiger partial charge in [-0.3, -0.25) is 0 Å². The number of aromatic amines is 1. The van der Waals surface area contributed by atoms with Gasteiger partial charge in [-0.1, -0.05) is 32.1 Å². The molecule has 0 bridgehead atoms. The molecule has 1 fully saturated rings. The maximum absolute atomic E-state index is 11.8. The lowest BCUT2D eigenvalue weighted by Crippen LogP contribution is -2.26. The van der Waals surface area contributed by atoms with E-state index in [1.54, 1.807) is 0 Å². The van der Waals surface area contributed by atoms with E-state index >= 15 is 0 Å². The van der Waals surface area contributed by atoms with Gasteiger partial charge in [-0.25, -0.2) is 18.1 Å². The summed E-state index contributed by atoms with van der Waals surface area (Å²) in [5.41, 5.74) is 0. The summed E-state index contributed by atoms with van der Waals surface area (Å²) in [4.78, 5) is 6.32. The van der Waals surface area contributed by atoms with E-state index in [0.29, 0.717) is 12.5 Å². The number of hydrogen-bond acceptors (Lipinski definition) is 3. The minimum atomic E-state index is -3.39. The number of nitrogens with zero attached hydrogens (tertiary/aromatic N) is 1. The Bertz CT molecular complexity index is 422. The van der Waals surface area contributed by atoms with E-state index in [0.717, 1.165) is 6.42 Å². The molecule has 0 aliphatic heterocycles. The van der Waals surface area contributed by atoms with Gasteiger partial charge in [-0.15, -0.1) is 0 Å². The molecule has 1 aromatic rings. The highest BCUT2D eigenvalue weighted by Crippen LogP contribution is 2.25. The van der Waals surface area contributed by atoms with Crippen molar-refractivity contribution in [3.63, 3.8) is 0 Å². The standard InChI is InChI=1S/C11H19N3O2S/c15-17(16,11-8-12-9-13-11)14-7-6-10-4-2-1-3-5-10/h8-10,14H,1-7H2,(H,12,13). The smallest absolute Gasteiger partial charge is 0.257 e. The average molecular weight is 257 g/mol. The Balaban J connectivity index is 1.78. The molecule has 0 spiro atoms. The van der Waals surface area contributed by atoms with Gasteiger partial charge in [0.05, 0.1) is 12.5 Å². The second-order valence-electron chi connectivity index (χ2n) is 4.61. The summed E-state index contributed by atoms with van der Waals surface area (Å²) in [5.74, 6) is 0.688. The molecule has 0 saturated heterocycles. The quantitative estimate of drug-likeness (QED) is 0.842. The Hall–Kier alpha value is -0.880. The number of sulfonamides is 1. The van der Waals surface area contributed by atoms with E-state index in [4.69, 9.17) is 0 Å². The Morgan fingerprint density at radius 1 is 1.35 bits per heavy atom. The first-order chi connectivity index (χ1) is 8.18. The first-order valence-electron chi connectivity index (χ1n) is 6.16. The molecule has 2 N–H and O–H groups in total. The molecular formula is C11H19N3O2S. The van der Waals surface area contributed by atoms with E-state index in [1.807, 2.05) is 0 Å². The van der Waals surface area contributed by atoms with Crippen molar-refractivity contribution in [2.75, 3.05) is 6.54 Å². The van der Waals surface area contributed by atoms with Crippen LogP contribution in [0, 0.1) is 5.92 Å². The second-order valence-corrected chi connectivity index (χ2v) is 6.34. The molecule has 5 nitrogen and oxygen atoms in total. The highest BCUT2D eigenvalue weighted by atomic mass is 32.2. The van der Waals surface area contributed by atoms with E-state index in [9.17, 15) is 8.42 Å². The van der Waals surface area contributed by atoms with Crippen LogP contribution in [0.4, 0.5) is 0 Å². The lowest BCUT2D eigenvalue weighted by atomic mass is 9.87. The number of nitrogens with one attached hydrogen (secondary N) is 2. The molecule has 1 aliphatic carbocycles. The normalized spacial score (nSPS) is 18.4. The summed E-state index contributed by atoms with van der Waals surface area (Å²) in [6.07, 6.45) is 10.0. The van der Waals surface area contributed by atoms with Crippen molar-refractivity contribution in [1.29, 1.82) is 0 Å². The van der Waals surface area contributed by atoms with Crippen molar-refractivity contribution in [3.8, 4) is 0 Å². The lowest BCUT2D eigenvalue weighted by Gasteiger charge is -2.21. The fraction of sp³-hybridized carbons (Fsp3) is 0.727. The van der Waals surface area contributed by atoms with Crippen LogP contribution in [-0.2, 0) is 10.0 Å². The maximum Gasteiger partial charge on any atom is 0.257 e. The zero-order valence-corrected chi connectivity index (χ0v) is 10.7. The number of rotatable bonds is 5. The van der Waals surface area contributed by atoms with Gasteiger partial charge in [-0.2, -0.15) is 0 Å². The van der Waals surface area contributed by atoms with Crippen molar-refractivity contribution in [2.45, 2.75) is 43.6 Å². The van der Waals surface area contributed by atoms with Crippen LogP contribution in [0.1, 0.15) is 38.5 Å².